The van der Waals surface area contributed by atoms with Crippen LogP contribution in [0.2, 0.25) is 0 Å². The Bertz CT molecular complexity index is 943. The van der Waals surface area contributed by atoms with Gasteiger partial charge in [-0.2, -0.15) is 5.10 Å². The molecule has 9 heteroatoms. The van der Waals surface area contributed by atoms with Crippen molar-refractivity contribution in [3.8, 4) is 5.75 Å². The first-order valence-corrected chi connectivity index (χ1v) is 9.96. The van der Waals surface area contributed by atoms with Gasteiger partial charge in [-0.25, -0.2) is 5.43 Å². The first-order chi connectivity index (χ1) is 14.2. The third-order valence-corrected chi connectivity index (χ3v) is 4.15. The quantitative estimate of drug-likeness (QED) is 0.325. The van der Waals surface area contributed by atoms with E-state index in [1.165, 1.54) is 6.21 Å². The van der Waals surface area contributed by atoms with E-state index in [2.05, 4.69) is 37.1 Å². The van der Waals surface area contributed by atoms with E-state index in [1.54, 1.807) is 32.0 Å². The maximum atomic E-state index is 12.1. The van der Waals surface area contributed by atoms with Gasteiger partial charge in [-0.15, -0.1) is 0 Å². The lowest BCUT2D eigenvalue weighted by Crippen LogP contribution is -2.41. The second kappa shape index (κ2) is 11.1. The third-order valence-electron chi connectivity index (χ3n) is 3.66. The molecule has 0 heterocycles. The van der Waals surface area contributed by atoms with Crippen molar-refractivity contribution in [3.63, 3.8) is 0 Å². The van der Waals surface area contributed by atoms with E-state index >= 15 is 0 Å². The van der Waals surface area contributed by atoms with Crippen LogP contribution in [0.1, 0.15) is 25.0 Å². The van der Waals surface area contributed by atoms with E-state index in [9.17, 15) is 14.4 Å². The van der Waals surface area contributed by atoms with Crippen LogP contribution < -0.4 is 20.8 Å². The van der Waals surface area contributed by atoms with Crippen molar-refractivity contribution in [1.29, 1.82) is 0 Å². The maximum absolute atomic E-state index is 12.1. The zero-order chi connectivity index (χ0) is 22.1. The number of aryl methyl sites for hydroxylation is 1. The van der Waals surface area contributed by atoms with Crippen LogP contribution in [0, 0.1) is 6.92 Å². The summed E-state index contributed by atoms with van der Waals surface area (Å²) in [6.07, 6.45) is 1.33. The summed E-state index contributed by atoms with van der Waals surface area (Å²) in [4.78, 5) is 35.4. The average Bonchev–Trinajstić information content (AvgIpc) is 2.68. The monoisotopic (exact) mass is 474 g/mol. The minimum Gasteiger partial charge on any atom is -0.483 e. The van der Waals surface area contributed by atoms with Gasteiger partial charge in [0.1, 0.15) is 5.75 Å². The van der Waals surface area contributed by atoms with Gasteiger partial charge in [0, 0.05) is 21.8 Å². The number of anilines is 1. The second-order valence-corrected chi connectivity index (χ2v) is 7.63. The lowest BCUT2D eigenvalue weighted by Gasteiger charge is -2.10. The highest BCUT2D eigenvalue weighted by atomic mass is 79.9. The lowest BCUT2D eigenvalue weighted by molar-refractivity contribution is -0.139. The number of hydrazone groups is 1. The summed E-state index contributed by atoms with van der Waals surface area (Å²) in [7, 11) is 0. The number of carbonyl (C=O) groups excluding carboxylic acids is 3. The van der Waals surface area contributed by atoms with E-state index in [0.717, 1.165) is 10.0 Å². The highest BCUT2D eigenvalue weighted by molar-refractivity contribution is 9.10. The Hall–Kier alpha value is -3.20. The van der Waals surface area contributed by atoms with Gasteiger partial charge in [-0.05, 0) is 51.1 Å². The van der Waals surface area contributed by atoms with Gasteiger partial charge in [0.2, 0.25) is 0 Å². The predicted molar refractivity (Wildman–Crippen MR) is 118 cm³/mol. The number of nitrogens with one attached hydrogen (secondary N) is 3. The van der Waals surface area contributed by atoms with E-state index in [0.29, 0.717) is 17.0 Å². The molecule has 0 radical (unpaired) electrons. The van der Waals surface area contributed by atoms with Crippen molar-refractivity contribution >= 4 is 45.6 Å². The Labute approximate surface area is 183 Å². The van der Waals surface area contributed by atoms with Gasteiger partial charge in [-0.3, -0.25) is 14.4 Å². The summed E-state index contributed by atoms with van der Waals surface area (Å²) >= 11 is 3.35. The number of hydrogen-bond donors (Lipinski definition) is 3. The largest absolute Gasteiger partial charge is 0.483 e. The normalized spacial score (nSPS) is 10.7. The van der Waals surface area contributed by atoms with Crippen molar-refractivity contribution in [2.24, 2.45) is 5.10 Å². The Morgan fingerprint density at radius 1 is 1.10 bits per heavy atom. The molecule has 0 bridgehead atoms. The molecule has 0 fully saturated rings. The fourth-order valence-corrected chi connectivity index (χ4v) is 2.65. The number of halogens is 1. The van der Waals surface area contributed by atoms with Gasteiger partial charge in [0.15, 0.2) is 6.61 Å². The Kier molecular flexibility index (Phi) is 8.54. The first kappa shape index (κ1) is 23.1. The molecule has 0 unspecified atom stereocenters. The van der Waals surface area contributed by atoms with E-state index in [-0.39, 0.29) is 18.6 Å². The molecule has 0 aliphatic heterocycles. The lowest BCUT2D eigenvalue weighted by atomic mass is 10.2. The molecule has 0 aromatic heterocycles. The molecule has 0 saturated carbocycles. The highest BCUT2D eigenvalue weighted by Crippen LogP contribution is 2.22. The molecule has 30 heavy (non-hydrogen) atoms. The van der Waals surface area contributed by atoms with E-state index < -0.39 is 11.8 Å². The molecule has 3 amide bonds. The molecule has 2 aromatic rings. The zero-order valence-corrected chi connectivity index (χ0v) is 18.4. The SMILES string of the molecule is Cc1ccc(NC(=O)COc2ccc(Br)cc2/C=N\NC(=O)C(=O)NC(C)C)cc1. The summed E-state index contributed by atoms with van der Waals surface area (Å²) in [6.45, 7) is 5.24. The fourth-order valence-electron chi connectivity index (χ4n) is 2.27. The third kappa shape index (κ3) is 7.67. The second-order valence-electron chi connectivity index (χ2n) is 6.71. The molecular formula is C21H23BrN4O4. The van der Waals surface area contributed by atoms with Crippen molar-refractivity contribution in [2.75, 3.05) is 11.9 Å². The zero-order valence-electron chi connectivity index (χ0n) is 16.9. The van der Waals surface area contributed by atoms with Crippen LogP contribution in [-0.2, 0) is 14.4 Å². The number of nitrogens with zero attached hydrogens (tertiary/aromatic N) is 1. The van der Waals surface area contributed by atoms with Crippen molar-refractivity contribution in [1.82, 2.24) is 10.7 Å². The molecular weight excluding hydrogens is 452 g/mol. The summed E-state index contributed by atoms with van der Waals surface area (Å²) in [6, 6.07) is 12.4. The van der Waals surface area contributed by atoms with E-state index in [4.69, 9.17) is 4.74 Å². The van der Waals surface area contributed by atoms with Gasteiger partial charge in [0.05, 0.1) is 6.21 Å². The van der Waals surface area contributed by atoms with Crippen molar-refractivity contribution < 1.29 is 19.1 Å². The van der Waals surface area contributed by atoms with Gasteiger partial charge >= 0.3 is 11.8 Å². The van der Waals surface area contributed by atoms with Crippen LogP contribution >= 0.6 is 15.9 Å². The van der Waals surface area contributed by atoms with Crippen LogP contribution in [0.25, 0.3) is 0 Å². The highest BCUT2D eigenvalue weighted by Gasteiger charge is 2.13. The standard InChI is InChI=1S/C21H23BrN4O4/c1-13(2)24-20(28)21(29)26-23-11-15-10-16(22)6-9-18(15)30-12-19(27)25-17-7-4-14(3)5-8-17/h4-11,13H,12H2,1-3H3,(H,24,28)(H,25,27)(H,26,29)/b23-11-. The minimum atomic E-state index is -0.880. The number of ether oxygens (including phenoxy) is 1. The number of carbonyl (C=O) groups is 3. The van der Waals surface area contributed by atoms with Crippen LogP contribution in [0.5, 0.6) is 5.75 Å². The Morgan fingerprint density at radius 3 is 2.47 bits per heavy atom. The fraction of sp³-hybridized carbons (Fsp3) is 0.238. The number of rotatable bonds is 7. The first-order valence-electron chi connectivity index (χ1n) is 9.17. The van der Waals surface area contributed by atoms with Crippen LogP contribution in [0.3, 0.4) is 0 Å². The Balaban J connectivity index is 1.97. The molecule has 0 atom stereocenters. The molecule has 158 valence electrons. The maximum Gasteiger partial charge on any atom is 0.329 e. The van der Waals surface area contributed by atoms with Gasteiger partial charge in [-0.1, -0.05) is 33.6 Å². The van der Waals surface area contributed by atoms with E-state index in [1.807, 2.05) is 31.2 Å². The average molecular weight is 475 g/mol. The Morgan fingerprint density at radius 2 is 1.80 bits per heavy atom. The molecule has 0 aliphatic rings. The van der Waals surface area contributed by atoms with Crippen molar-refractivity contribution in [3.05, 3.63) is 58.1 Å². The summed E-state index contributed by atoms with van der Waals surface area (Å²) in [5.74, 6) is -1.58. The molecule has 0 spiro atoms. The number of benzene rings is 2. The summed E-state index contributed by atoms with van der Waals surface area (Å²) < 4.78 is 6.35. The van der Waals surface area contributed by atoms with Gasteiger partial charge in [0.25, 0.3) is 5.91 Å². The summed E-state index contributed by atoms with van der Waals surface area (Å²) in [5.41, 5.74) is 4.43. The molecule has 2 rings (SSSR count). The van der Waals surface area contributed by atoms with Crippen molar-refractivity contribution in [2.45, 2.75) is 26.8 Å². The van der Waals surface area contributed by atoms with Crippen LogP contribution in [0.4, 0.5) is 5.69 Å². The summed E-state index contributed by atoms with van der Waals surface area (Å²) in [5, 5.41) is 9.00. The molecule has 0 saturated heterocycles. The van der Waals surface area contributed by atoms with Crippen LogP contribution in [0.15, 0.2) is 52.0 Å². The molecule has 3 N–H and O–H groups in total. The molecule has 8 nitrogen and oxygen atoms in total. The minimum absolute atomic E-state index is 0.164. The number of hydrogen-bond acceptors (Lipinski definition) is 5. The predicted octanol–water partition coefficient (Wildman–Crippen LogP) is 2.75. The van der Waals surface area contributed by atoms with Gasteiger partial charge < -0.3 is 15.4 Å². The number of amides is 3. The molecule has 0 aliphatic carbocycles. The van der Waals surface area contributed by atoms with Crippen LogP contribution in [-0.4, -0.2) is 36.6 Å². The molecule has 2 aromatic carbocycles. The smallest absolute Gasteiger partial charge is 0.329 e. The topological polar surface area (TPSA) is 109 Å².